The van der Waals surface area contributed by atoms with Gasteiger partial charge in [-0.15, -0.1) is 0 Å². The number of ether oxygens (including phenoxy) is 2. The van der Waals surface area contributed by atoms with Crippen LogP contribution in [0.5, 0.6) is 5.75 Å². The smallest absolute Gasteiger partial charge is 0.429 e. The van der Waals surface area contributed by atoms with E-state index >= 15 is 0 Å². The van der Waals surface area contributed by atoms with Crippen LogP contribution in [-0.2, 0) is 10.8 Å². The normalized spacial score (nSPS) is 25.9. The van der Waals surface area contributed by atoms with Gasteiger partial charge >= 0.3 is 6.11 Å². The van der Waals surface area contributed by atoms with E-state index in [1.54, 1.807) is 0 Å². The van der Waals surface area contributed by atoms with E-state index in [1.165, 1.54) is 0 Å². The molecule has 2 unspecified atom stereocenters. The van der Waals surface area contributed by atoms with Gasteiger partial charge in [-0.3, -0.25) is 0 Å². The minimum Gasteiger partial charge on any atom is -0.429 e. The van der Waals surface area contributed by atoms with Crippen LogP contribution in [0.25, 0.3) is 0 Å². The van der Waals surface area contributed by atoms with Crippen LogP contribution in [0.1, 0.15) is 68.1 Å². The molecule has 1 saturated heterocycles. The Hall–Kier alpha value is -2.22. The first-order valence-electron chi connectivity index (χ1n) is 11.7. The van der Waals surface area contributed by atoms with Gasteiger partial charge in [-0.05, 0) is 80.9 Å². The number of halogens is 6. The SMILES string of the molecule is Cc1c(F)cc(OC(F)(F)c2c(F)cc(C3CCC(C4CCC(C)CO4)CC3)cc2F)cc1F. The van der Waals surface area contributed by atoms with Crippen LogP contribution in [0.2, 0.25) is 0 Å². The molecular formula is C26H28F6O2. The molecule has 186 valence electrons. The van der Waals surface area contributed by atoms with Crippen molar-refractivity contribution in [2.75, 3.05) is 6.61 Å². The lowest BCUT2D eigenvalue weighted by Gasteiger charge is -2.37. The predicted molar refractivity (Wildman–Crippen MR) is 115 cm³/mol. The first-order valence-corrected chi connectivity index (χ1v) is 11.7. The van der Waals surface area contributed by atoms with Gasteiger partial charge in [0, 0.05) is 24.3 Å². The molecule has 0 N–H and O–H groups in total. The number of benzene rings is 2. The molecule has 2 aromatic carbocycles. The molecule has 2 aliphatic rings. The zero-order valence-corrected chi connectivity index (χ0v) is 19.2. The molecule has 0 amide bonds. The lowest BCUT2D eigenvalue weighted by atomic mass is 9.75. The fourth-order valence-corrected chi connectivity index (χ4v) is 5.09. The Bertz CT molecular complexity index is 978. The quantitative estimate of drug-likeness (QED) is 0.402. The lowest BCUT2D eigenvalue weighted by molar-refractivity contribution is -0.189. The molecule has 2 atom stereocenters. The van der Waals surface area contributed by atoms with E-state index in [0.29, 0.717) is 42.4 Å². The third kappa shape index (κ3) is 5.21. The number of alkyl halides is 2. The van der Waals surface area contributed by atoms with Crippen LogP contribution in [0.3, 0.4) is 0 Å². The van der Waals surface area contributed by atoms with Crippen molar-refractivity contribution in [3.05, 3.63) is 64.2 Å². The molecule has 0 radical (unpaired) electrons. The van der Waals surface area contributed by atoms with E-state index in [4.69, 9.17) is 4.74 Å². The van der Waals surface area contributed by atoms with Crippen LogP contribution >= 0.6 is 0 Å². The molecule has 2 nitrogen and oxygen atoms in total. The van der Waals surface area contributed by atoms with Crippen LogP contribution in [-0.4, -0.2) is 12.7 Å². The molecule has 8 heteroatoms. The highest BCUT2D eigenvalue weighted by atomic mass is 19.3. The molecular weight excluding hydrogens is 458 g/mol. The van der Waals surface area contributed by atoms with Crippen LogP contribution in [0.4, 0.5) is 26.3 Å². The molecule has 1 saturated carbocycles. The first kappa shape index (κ1) is 24.9. The van der Waals surface area contributed by atoms with Gasteiger partial charge in [-0.2, -0.15) is 8.78 Å². The summed E-state index contributed by atoms with van der Waals surface area (Å²) in [5, 5.41) is 0. The van der Waals surface area contributed by atoms with Crippen LogP contribution in [0, 0.1) is 42.0 Å². The third-order valence-corrected chi connectivity index (χ3v) is 7.16. The molecule has 2 aromatic rings. The van der Waals surface area contributed by atoms with E-state index in [-0.39, 0.29) is 17.6 Å². The van der Waals surface area contributed by atoms with Crippen LogP contribution < -0.4 is 4.74 Å². The van der Waals surface area contributed by atoms with Crippen LogP contribution in [0.15, 0.2) is 24.3 Å². The zero-order chi connectivity index (χ0) is 24.6. The van der Waals surface area contributed by atoms with E-state index in [9.17, 15) is 26.3 Å². The summed E-state index contributed by atoms with van der Waals surface area (Å²) in [6.07, 6.45) is 0.949. The third-order valence-electron chi connectivity index (χ3n) is 7.16. The summed E-state index contributed by atoms with van der Waals surface area (Å²) in [6.45, 7) is 4.03. The minimum absolute atomic E-state index is 0.147. The van der Waals surface area contributed by atoms with Crippen molar-refractivity contribution in [1.82, 2.24) is 0 Å². The number of hydrogen-bond acceptors (Lipinski definition) is 2. The number of hydrogen-bond donors (Lipinski definition) is 0. The van der Waals surface area contributed by atoms with Crippen molar-refractivity contribution in [3.63, 3.8) is 0 Å². The van der Waals surface area contributed by atoms with Crippen molar-refractivity contribution < 1.29 is 35.8 Å². The van der Waals surface area contributed by atoms with E-state index < -0.39 is 40.7 Å². The van der Waals surface area contributed by atoms with Gasteiger partial charge in [0.2, 0.25) is 0 Å². The second kappa shape index (κ2) is 9.80. The Morgan fingerprint density at radius 3 is 1.94 bits per heavy atom. The van der Waals surface area contributed by atoms with Crippen molar-refractivity contribution in [2.45, 2.75) is 70.5 Å². The molecule has 0 bridgehead atoms. The second-order valence-electron chi connectivity index (χ2n) is 9.66. The topological polar surface area (TPSA) is 18.5 Å². The van der Waals surface area contributed by atoms with Gasteiger partial charge in [-0.1, -0.05) is 6.92 Å². The molecule has 0 aromatic heterocycles. The Morgan fingerprint density at radius 1 is 0.824 bits per heavy atom. The lowest BCUT2D eigenvalue weighted by Crippen LogP contribution is -2.33. The Labute approximate surface area is 195 Å². The van der Waals surface area contributed by atoms with E-state index in [1.807, 2.05) is 0 Å². The monoisotopic (exact) mass is 486 g/mol. The summed E-state index contributed by atoms with van der Waals surface area (Å²) >= 11 is 0. The standard InChI is InChI=1S/C26H28F6O2/c1-14-3-8-24(33-13-14)17-6-4-16(5-7-17)18-9-22(29)25(23(30)10-18)26(31,32)34-19-11-20(27)15(2)21(28)12-19/h9-12,14,16-17,24H,3-8,13H2,1-2H3. The molecule has 2 fully saturated rings. The maximum Gasteiger partial charge on any atom is 0.432 e. The average Bonchev–Trinajstić information content (AvgIpc) is 2.77. The van der Waals surface area contributed by atoms with Crippen molar-refractivity contribution >= 4 is 0 Å². The zero-order valence-electron chi connectivity index (χ0n) is 19.2. The van der Waals surface area contributed by atoms with Gasteiger partial charge in [-0.25, -0.2) is 17.6 Å². The van der Waals surface area contributed by atoms with Gasteiger partial charge in [0.05, 0.1) is 6.10 Å². The van der Waals surface area contributed by atoms with Crippen molar-refractivity contribution in [3.8, 4) is 5.75 Å². The minimum atomic E-state index is -4.46. The highest BCUT2D eigenvalue weighted by Crippen LogP contribution is 2.42. The summed E-state index contributed by atoms with van der Waals surface area (Å²) in [5.74, 6) is -5.19. The summed E-state index contributed by atoms with van der Waals surface area (Å²) in [5.41, 5.74) is -1.65. The Kier molecular flexibility index (Phi) is 7.17. The van der Waals surface area contributed by atoms with Gasteiger partial charge in [0.25, 0.3) is 0 Å². The highest BCUT2D eigenvalue weighted by Gasteiger charge is 2.42. The summed E-state index contributed by atoms with van der Waals surface area (Å²) < 4.78 is 96.4. The fraction of sp³-hybridized carbons (Fsp3) is 0.538. The predicted octanol–water partition coefficient (Wildman–Crippen LogP) is 7.77. The summed E-state index contributed by atoms with van der Waals surface area (Å²) in [4.78, 5) is 0. The molecule has 34 heavy (non-hydrogen) atoms. The Balaban J connectivity index is 1.47. The highest BCUT2D eigenvalue weighted by molar-refractivity contribution is 5.34. The van der Waals surface area contributed by atoms with Gasteiger partial charge in [0.15, 0.2) is 0 Å². The molecule has 1 aliphatic heterocycles. The Morgan fingerprint density at radius 2 is 1.41 bits per heavy atom. The van der Waals surface area contributed by atoms with E-state index in [0.717, 1.165) is 51.3 Å². The van der Waals surface area contributed by atoms with Crippen molar-refractivity contribution in [1.29, 1.82) is 0 Å². The van der Waals surface area contributed by atoms with Gasteiger partial charge < -0.3 is 9.47 Å². The average molecular weight is 486 g/mol. The molecule has 1 heterocycles. The second-order valence-corrected chi connectivity index (χ2v) is 9.66. The van der Waals surface area contributed by atoms with Crippen molar-refractivity contribution in [2.24, 2.45) is 11.8 Å². The first-order chi connectivity index (χ1) is 16.0. The van der Waals surface area contributed by atoms with Gasteiger partial charge in [0.1, 0.15) is 34.6 Å². The molecule has 4 rings (SSSR count). The largest absolute Gasteiger partial charge is 0.432 e. The summed E-state index contributed by atoms with van der Waals surface area (Å²) in [6, 6.07) is 2.92. The van der Waals surface area contributed by atoms with E-state index in [2.05, 4.69) is 11.7 Å². The summed E-state index contributed by atoms with van der Waals surface area (Å²) in [7, 11) is 0. The fourth-order valence-electron chi connectivity index (χ4n) is 5.09. The number of rotatable bonds is 5. The maximum absolute atomic E-state index is 14.7. The maximum atomic E-state index is 14.7. The molecule has 0 spiro atoms. The molecule has 1 aliphatic carbocycles.